The number of piperazine rings is 1. The SMILES string of the molecule is O=C(OCC(=O)N1CCN(c2cccc(Cl)c2)CC1)c1ccccc1I. The lowest BCUT2D eigenvalue weighted by Crippen LogP contribution is -2.49. The molecule has 0 unspecified atom stereocenters. The summed E-state index contributed by atoms with van der Waals surface area (Å²) < 4.78 is 5.99. The second kappa shape index (κ2) is 8.73. The minimum atomic E-state index is -0.471. The summed E-state index contributed by atoms with van der Waals surface area (Å²) in [5.74, 6) is -0.643. The van der Waals surface area contributed by atoms with Gasteiger partial charge < -0.3 is 14.5 Å². The van der Waals surface area contributed by atoms with E-state index in [2.05, 4.69) is 27.5 Å². The maximum atomic E-state index is 12.3. The number of hydrogen-bond donors (Lipinski definition) is 0. The van der Waals surface area contributed by atoms with Crippen LogP contribution in [0.5, 0.6) is 0 Å². The van der Waals surface area contributed by atoms with E-state index in [0.29, 0.717) is 23.7 Å². The largest absolute Gasteiger partial charge is 0.452 e. The molecule has 5 nitrogen and oxygen atoms in total. The lowest BCUT2D eigenvalue weighted by molar-refractivity contribution is -0.134. The first-order valence-electron chi connectivity index (χ1n) is 8.24. The van der Waals surface area contributed by atoms with Crippen LogP contribution in [0.2, 0.25) is 5.02 Å². The van der Waals surface area contributed by atoms with Crippen LogP contribution in [0.25, 0.3) is 0 Å². The molecule has 0 aromatic heterocycles. The van der Waals surface area contributed by atoms with Crippen molar-refractivity contribution in [3.8, 4) is 0 Å². The summed E-state index contributed by atoms with van der Waals surface area (Å²) in [6.45, 7) is 2.38. The van der Waals surface area contributed by atoms with Crippen molar-refractivity contribution in [2.24, 2.45) is 0 Å². The van der Waals surface area contributed by atoms with Crippen LogP contribution in [0.1, 0.15) is 10.4 Å². The van der Waals surface area contributed by atoms with Crippen LogP contribution in [0.15, 0.2) is 48.5 Å². The van der Waals surface area contributed by atoms with Gasteiger partial charge in [-0.05, 0) is 52.9 Å². The molecule has 0 saturated carbocycles. The number of nitrogens with zero attached hydrogens (tertiary/aromatic N) is 2. The maximum Gasteiger partial charge on any atom is 0.339 e. The predicted molar refractivity (Wildman–Crippen MR) is 110 cm³/mol. The third-order valence-corrected chi connectivity index (χ3v) is 5.40. The van der Waals surface area contributed by atoms with E-state index in [1.165, 1.54) is 0 Å². The Hall–Kier alpha value is -1.80. The first kappa shape index (κ1) is 19.0. The first-order chi connectivity index (χ1) is 12.5. The molecule has 0 spiro atoms. The number of carbonyl (C=O) groups excluding carboxylic acids is 2. The topological polar surface area (TPSA) is 49.9 Å². The van der Waals surface area contributed by atoms with E-state index in [0.717, 1.165) is 22.3 Å². The number of anilines is 1. The highest BCUT2D eigenvalue weighted by molar-refractivity contribution is 14.1. The van der Waals surface area contributed by atoms with E-state index in [1.54, 1.807) is 17.0 Å². The van der Waals surface area contributed by atoms with Crippen molar-refractivity contribution >= 4 is 51.8 Å². The highest BCUT2D eigenvalue weighted by atomic mass is 127. The van der Waals surface area contributed by atoms with Gasteiger partial charge in [0.2, 0.25) is 0 Å². The fraction of sp³-hybridized carbons (Fsp3) is 0.263. The number of hydrogen-bond acceptors (Lipinski definition) is 4. The minimum absolute atomic E-state index is 0.171. The summed E-state index contributed by atoms with van der Waals surface area (Å²) in [4.78, 5) is 28.3. The Kier molecular flexibility index (Phi) is 6.37. The summed E-state index contributed by atoms with van der Waals surface area (Å²) in [7, 11) is 0. The number of benzene rings is 2. The summed E-state index contributed by atoms with van der Waals surface area (Å²) in [5.41, 5.74) is 1.53. The molecule has 0 bridgehead atoms. The monoisotopic (exact) mass is 484 g/mol. The quantitative estimate of drug-likeness (QED) is 0.493. The van der Waals surface area contributed by atoms with Gasteiger partial charge >= 0.3 is 5.97 Å². The van der Waals surface area contributed by atoms with Crippen molar-refractivity contribution in [2.75, 3.05) is 37.7 Å². The predicted octanol–water partition coefficient (Wildman–Crippen LogP) is 3.45. The number of rotatable bonds is 4. The van der Waals surface area contributed by atoms with Gasteiger partial charge in [-0.25, -0.2) is 4.79 Å². The second-order valence-corrected chi connectivity index (χ2v) is 7.50. The van der Waals surface area contributed by atoms with Gasteiger partial charge in [0, 0.05) is 40.5 Å². The minimum Gasteiger partial charge on any atom is -0.452 e. The molecule has 1 aliphatic heterocycles. The van der Waals surface area contributed by atoms with Crippen molar-refractivity contribution in [2.45, 2.75) is 0 Å². The molecule has 7 heteroatoms. The van der Waals surface area contributed by atoms with Gasteiger partial charge in [0.05, 0.1) is 5.56 Å². The van der Waals surface area contributed by atoms with Crippen LogP contribution in [-0.2, 0) is 9.53 Å². The Balaban J connectivity index is 1.49. The molecule has 136 valence electrons. The van der Waals surface area contributed by atoms with Gasteiger partial charge in [0.15, 0.2) is 6.61 Å². The lowest BCUT2D eigenvalue weighted by atomic mass is 10.2. The van der Waals surface area contributed by atoms with Crippen molar-refractivity contribution in [1.82, 2.24) is 4.90 Å². The van der Waals surface area contributed by atoms with E-state index in [-0.39, 0.29) is 12.5 Å². The first-order valence-corrected chi connectivity index (χ1v) is 9.70. The molecule has 0 atom stereocenters. The molecule has 1 heterocycles. The highest BCUT2D eigenvalue weighted by Crippen LogP contribution is 2.21. The molecule has 0 radical (unpaired) electrons. The molecular weight excluding hydrogens is 467 g/mol. The zero-order valence-corrected chi connectivity index (χ0v) is 16.9. The fourth-order valence-corrected chi connectivity index (χ4v) is 3.60. The molecule has 1 amide bonds. The van der Waals surface area contributed by atoms with E-state index >= 15 is 0 Å². The number of carbonyl (C=O) groups is 2. The van der Waals surface area contributed by atoms with Gasteiger partial charge in [-0.2, -0.15) is 0 Å². The summed E-state index contributed by atoms with van der Waals surface area (Å²) in [6.07, 6.45) is 0. The zero-order chi connectivity index (χ0) is 18.5. The third-order valence-electron chi connectivity index (χ3n) is 4.23. The van der Waals surface area contributed by atoms with Gasteiger partial charge in [-0.3, -0.25) is 4.79 Å². The number of ether oxygens (including phenoxy) is 1. The summed E-state index contributed by atoms with van der Waals surface area (Å²) in [5, 5.41) is 0.698. The van der Waals surface area contributed by atoms with E-state index in [4.69, 9.17) is 16.3 Å². The molecule has 1 aliphatic rings. The number of halogens is 2. The van der Waals surface area contributed by atoms with Crippen molar-refractivity contribution in [1.29, 1.82) is 0 Å². The average Bonchev–Trinajstić information content (AvgIpc) is 2.66. The molecule has 2 aromatic rings. The zero-order valence-electron chi connectivity index (χ0n) is 14.0. The Morgan fingerprint density at radius 3 is 2.46 bits per heavy atom. The molecule has 1 fully saturated rings. The molecule has 26 heavy (non-hydrogen) atoms. The van der Waals surface area contributed by atoms with Gasteiger partial charge in [0.1, 0.15) is 0 Å². The van der Waals surface area contributed by atoms with Crippen LogP contribution < -0.4 is 4.90 Å². The summed E-state index contributed by atoms with van der Waals surface area (Å²) >= 11 is 8.11. The molecule has 0 N–H and O–H groups in total. The van der Waals surface area contributed by atoms with Crippen LogP contribution in [-0.4, -0.2) is 49.6 Å². The summed E-state index contributed by atoms with van der Waals surface area (Å²) in [6, 6.07) is 14.8. The number of amides is 1. The smallest absolute Gasteiger partial charge is 0.339 e. The Morgan fingerprint density at radius 1 is 1.04 bits per heavy atom. The van der Waals surface area contributed by atoms with Crippen molar-refractivity contribution in [3.05, 3.63) is 62.7 Å². The third kappa shape index (κ3) is 4.67. The Bertz CT molecular complexity index is 807. The van der Waals surface area contributed by atoms with Crippen LogP contribution >= 0.6 is 34.2 Å². The standard InChI is InChI=1S/C19H18ClIN2O3/c20-14-4-3-5-15(12-14)22-8-10-23(11-9-22)18(24)13-26-19(25)16-6-1-2-7-17(16)21/h1-7,12H,8-11,13H2. The van der Waals surface area contributed by atoms with Crippen LogP contribution in [0, 0.1) is 3.57 Å². The van der Waals surface area contributed by atoms with Gasteiger partial charge in [-0.1, -0.05) is 29.8 Å². The van der Waals surface area contributed by atoms with Crippen LogP contribution in [0.3, 0.4) is 0 Å². The van der Waals surface area contributed by atoms with Gasteiger partial charge in [-0.15, -0.1) is 0 Å². The normalized spacial score (nSPS) is 14.2. The molecule has 3 rings (SSSR count). The highest BCUT2D eigenvalue weighted by Gasteiger charge is 2.22. The van der Waals surface area contributed by atoms with Crippen molar-refractivity contribution < 1.29 is 14.3 Å². The Labute approximate surface area is 171 Å². The number of esters is 1. The molecule has 0 aliphatic carbocycles. The fourth-order valence-electron chi connectivity index (χ4n) is 2.81. The lowest BCUT2D eigenvalue weighted by Gasteiger charge is -2.36. The van der Waals surface area contributed by atoms with E-state index in [9.17, 15) is 9.59 Å². The van der Waals surface area contributed by atoms with Crippen molar-refractivity contribution in [3.63, 3.8) is 0 Å². The Morgan fingerprint density at radius 2 is 1.77 bits per heavy atom. The maximum absolute atomic E-state index is 12.3. The molecule has 1 saturated heterocycles. The van der Waals surface area contributed by atoms with Gasteiger partial charge in [0.25, 0.3) is 5.91 Å². The van der Waals surface area contributed by atoms with Crippen LogP contribution in [0.4, 0.5) is 5.69 Å². The molecular formula is C19H18ClIN2O3. The average molecular weight is 485 g/mol. The molecule has 2 aromatic carbocycles. The van der Waals surface area contributed by atoms with E-state index in [1.807, 2.05) is 36.4 Å². The van der Waals surface area contributed by atoms with E-state index < -0.39 is 5.97 Å². The second-order valence-electron chi connectivity index (χ2n) is 5.90.